The second kappa shape index (κ2) is 5.89. The Bertz CT molecular complexity index is 518. The fourth-order valence-corrected chi connectivity index (χ4v) is 4.55. The number of hydrogen-bond donors (Lipinski definition) is 0. The molecule has 3 aliphatic rings. The summed E-state index contributed by atoms with van der Waals surface area (Å²) in [5.41, 5.74) is 0.841. The molecule has 4 heterocycles. The molecule has 4 rings (SSSR count). The quantitative estimate of drug-likeness (QED) is 0.476. The molecule has 0 amide bonds. The Morgan fingerprint density at radius 2 is 2.14 bits per heavy atom. The van der Waals surface area contributed by atoms with Gasteiger partial charge in [0.2, 0.25) is 0 Å². The van der Waals surface area contributed by atoms with Crippen LogP contribution in [0, 0.1) is 11.8 Å². The van der Waals surface area contributed by atoms with Gasteiger partial charge in [-0.15, -0.1) is 0 Å². The fourth-order valence-electron chi connectivity index (χ4n) is 3.91. The van der Waals surface area contributed by atoms with Crippen LogP contribution in [0.25, 0.3) is 0 Å². The molecule has 1 aromatic rings. The number of thiophene rings is 1. The van der Waals surface area contributed by atoms with Gasteiger partial charge in [-0.05, 0) is 24.3 Å². The molecule has 0 N–H and O–H groups in total. The van der Waals surface area contributed by atoms with Gasteiger partial charge in [-0.3, -0.25) is 4.79 Å². The van der Waals surface area contributed by atoms with Crippen LogP contribution in [0.2, 0.25) is 0 Å². The summed E-state index contributed by atoms with van der Waals surface area (Å²) in [6.07, 6.45) is 2.11. The molecule has 1 unspecified atom stereocenters. The summed E-state index contributed by atoms with van der Waals surface area (Å²) < 4.78 is 5.86. The van der Waals surface area contributed by atoms with Crippen LogP contribution in [0.5, 0.6) is 0 Å². The molecular formula is C16H22NO3S+. The lowest BCUT2D eigenvalue weighted by Crippen LogP contribution is -2.64. The van der Waals surface area contributed by atoms with E-state index < -0.39 is 0 Å². The maximum atomic E-state index is 12.7. The Balaban J connectivity index is 1.74. The number of hydrogen-bond acceptors (Lipinski definition) is 4. The molecule has 4 nitrogen and oxygen atoms in total. The lowest BCUT2D eigenvalue weighted by atomic mass is 9.74. The first-order valence-electron chi connectivity index (χ1n) is 7.71. The number of rotatable bonds is 5. The maximum Gasteiger partial charge on any atom is 0.361 e. The number of piperidine rings is 3. The third-order valence-electron chi connectivity index (χ3n) is 5.01. The summed E-state index contributed by atoms with van der Waals surface area (Å²) in [6.45, 7) is 5.52. The predicted molar refractivity (Wildman–Crippen MR) is 81.2 cm³/mol. The molecule has 21 heavy (non-hydrogen) atoms. The van der Waals surface area contributed by atoms with Crippen molar-refractivity contribution in [1.82, 2.24) is 0 Å². The minimum Gasteiger partial charge on any atom is -0.462 e. The minimum absolute atomic E-state index is 0.0801. The van der Waals surface area contributed by atoms with E-state index in [0.29, 0.717) is 19.1 Å². The van der Waals surface area contributed by atoms with Gasteiger partial charge in [-0.25, -0.2) is 4.79 Å². The Kier molecular flexibility index (Phi) is 4.13. The summed E-state index contributed by atoms with van der Waals surface area (Å²) in [5.74, 6) is 0.725. The molecule has 1 aromatic heterocycles. The number of Topliss-reactive ketones (excluding diaryl/α,β-unsaturated/α-hetero) is 1. The minimum atomic E-state index is -0.125. The van der Waals surface area contributed by atoms with Crippen LogP contribution in [-0.2, 0) is 9.53 Å². The van der Waals surface area contributed by atoms with Gasteiger partial charge < -0.3 is 9.22 Å². The SMILES string of the molecule is CCOC(=O)C[N+]12CCC(CC1)C(C(=O)c1ccsc1)C2. The van der Waals surface area contributed by atoms with Crippen molar-refractivity contribution in [2.24, 2.45) is 11.8 Å². The van der Waals surface area contributed by atoms with Crippen molar-refractivity contribution in [3.8, 4) is 0 Å². The average molecular weight is 308 g/mol. The van der Waals surface area contributed by atoms with Crippen molar-refractivity contribution >= 4 is 23.1 Å². The summed E-state index contributed by atoms with van der Waals surface area (Å²) in [7, 11) is 0. The normalized spacial score (nSPS) is 31.1. The van der Waals surface area contributed by atoms with E-state index in [4.69, 9.17) is 4.74 Å². The van der Waals surface area contributed by atoms with E-state index in [9.17, 15) is 9.59 Å². The molecule has 3 saturated heterocycles. The van der Waals surface area contributed by atoms with Gasteiger partial charge in [-0.2, -0.15) is 11.3 Å². The lowest BCUT2D eigenvalue weighted by Gasteiger charge is -2.51. The highest BCUT2D eigenvalue weighted by molar-refractivity contribution is 7.08. The van der Waals surface area contributed by atoms with E-state index in [-0.39, 0.29) is 17.7 Å². The first-order valence-corrected chi connectivity index (χ1v) is 8.65. The van der Waals surface area contributed by atoms with E-state index in [0.717, 1.165) is 42.5 Å². The molecule has 5 heteroatoms. The molecule has 1 atom stereocenters. The Morgan fingerprint density at radius 1 is 1.38 bits per heavy atom. The van der Waals surface area contributed by atoms with E-state index in [1.165, 1.54) is 0 Å². The van der Waals surface area contributed by atoms with Gasteiger partial charge >= 0.3 is 5.97 Å². The van der Waals surface area contributed by atoms with Gasteiger partial charge in [0, 0.05) is 23.8 Å². The highest BCUT2D eigenvalue weighted by Gasteiger charge is 2.49. The lowest BCUT2D eigenvalue weighted by molar-refractivity contribution is -0.938. The zero-order chi connectivity index (χ0) is 14.9. The molecular weight excluding hydrogens is 286 g/mol. The summed E-state index contributed by atoms with van der Waals surface area (Å²) in [5, 5.41) is 3.90. The second-order valence-electron chi connectivity index (χ2n) is 6.25. The van der Waals surface area contributed by atoms with Gasteiger partial charge in [0.15, 0.2) is 12.3 Å². The number of ketones is 1. The molecule has 0 saturated carbocycles. The summed E-state index contributed by atoms with van der Waals surface area (Å²) in [6, 6.07) is 1.92. The van der Waals surface area contributed by atoms with Gasteiger partial charge in [0.05, 0.1) is 32.2 Å². The molecule has 3 aliphatic heterocycles. The third kappa shape index (κ3) is 2.90. The maximum absolute atomic E-state index is 12.7. The number of esters is 1. The standard InChI is InChI=1S/C16H22NO3S/c1-2-20-15(18)10-17-6-3-12(4-7-17)14(9-17)16(19)13-5-8-21-11-13/h5,8,11-12,14H,2-4,6-7,9-10H2,1H3/q+1. The van der Waals surface area contributed by atoms with E-state index >= 15 is 0 Å². The number of fused-ring (bicyclic) bond motifs is 3. The molecule has 0 spiro atoms. The second-order valence-corrected chi connectivity index (χ2v) is 7.03. The van der Waals surface area contributed by atoms with Crippen molar-refractivity contribution < 1.29 is 18.8 Å². The van der Waals surface area contributed by atoms with E-state index in [1.807, 2.05) is 23.8 Å². The molecule has 0 radical (unpaired) electrons. The number of nitrogens with zero attached hydrogens (tertiary/aromatic N) is 1. The smallest absolute Gasteiger partial charge is 0.361 e. The van der Waals surface area contributed by atoms with Crippen molar-refractivity contribution in [3.63, 3.8) is 0 Å². The number of carbonyl (C=O) groups excluding carboxylic acids is 2. The molecule has 0 aromatic carbocycles. The van der Waals surface area contributed by atoms with Crippen LogP contribution in [-0.4, -0.2) is 49.0 Å². The Labute approximate surface area is 129 Å². The van der Waals surface area contributed by atoms with E-state index in [1.54, 1.807) is 11.3 Å². The number of ether oxygens (including phenoxy) is 1. The molecule has 2 bridgehead atoms. The van der Waals surface area contributed by atoms with Crippen molar-refractivity contribution in [3.05, 3.63) is 22.4 Å². The average Bonchev–Trinajstić information content (AvgIpc) is 3.01. The largest absolute Gasteiger partial charge is 0.462 e. The summed E-state index contributed by atoms with van der Waals surface area (Å²) in [4.78, 5) is 24.6. The highest BCUT2D eigenvalue weighted by atomic mass is 32.1. The van der Waals surface area contributed by atoms with Crippen LogP contribution in [0.4, 0.5) is 0 Å². The van der Waals surface area contributed by atoms with Gasteiger partial charge in [0.1, 0.15) is 0 Å². The van der Waals surface area contributed by atoms with Crippen LogP contribution in [0.3, 0.4) is 0 Å². The fraction of sp³-hybridized carbons (Fsp3) is 0.625. The number of carbonyl (C=O) groups is 2. The number of quaternary nitrogens is 1. The van der Waals surface area contributed by atoms with E-state index in [2.05, 4.69) is 0 Å². The van der Waals surface area contributed by atoms with Crippen molar-refractivity contribution in [2.45, 2.75) is 19.8 Å². The monoisotopic (exact) mass is 308 g/mol. The van der Waals surface area contributed by atoms with Crippen molar-refractivity contribution in [2.75, 3.05) is 32.8 Å². The first kappa shape index (κ1) is 14.7. The van der Waals surface area contributed by atoms with Crippen molar-refractivity contribution in [1.29, 1.82) is 0 Å². The highest BCUT2D eigenvalue weighted by Crippen LogP contribution is 2.39. The molecule has 0 aliphatic carbocycles. The predicted octanol–water partition coefficient (Wildman–Crippen LogP) is 2.35. The van der Waals surface area contributed by atoms with Crippen LogP contribution < -0.4 is 0 Å². The van der Waals surface area contributed by atoms with Gasteiger partial charge in [0.25, 0.3) is 0 Å². The first-order chi connectivity index (χ1) is 10.1. The molecule has 114 valence electrons. The zero-order valence-corrected chi connectivity index (χ0v) is 13.2. The Morgan fingerprint density at radius 3 is 2.76 bits per heavy atom. The Hall–Kier alpha value is -1.20. The van der Waals surface area contributed by atoms with Crippen LogP contribution in [0.15, 0.2) is 16.8 Å². The zero-order valence-electron chi connectivity index (χ0n) is 12.4. The topological polar surface area (TPSA) is 43.4 Å². The van der Waals surface area contributed by atoms with Crippen LogP contribution >= 0.6 is 11.3 Å². The molecule has 3 fully saturated rings. The summed E-state index contributed by atoms with van der Waals surface area (Å²) >= 11 is 1.57. The van der Waals surface area contributed by atoms with Crippen LogP contribution in [0.1, 0.15) is 30.1 Å². The third-order valence-corrected chi connectivity index (χ3v) is 5.70. The van der Waals surface area contributed by atoms with Gasteiger partial charge in [-0.1, -0.05) is 0 Å².